The Morgan fingerprint density at radius 2 is 2.08 bits per heavy atom. The van der Waals surface area contributed by atoms with E-state index in [4.69, 9.17) is 23.2 Å². The fourth-order valence-corrected chi connectivity index (χ4v) is 1.71. The van der Waals surface area contributed by atoms with E-state index >= 15 is 0 Å². The molecule has 13 heavy (non-hydrogen) atoms. The summed E-state index contributed by atoms with van der Waals surface area (Å²) in [6, 6.07) is 5.01. The van der Waals surface area contributed by atoms with Crippen LogP contribution in [-0.4, -0.2) is 0 Å². The van der Waals surface area contributed by atoms with Gasteiger partial charge in [0.15, 0.2) is 0 Å². The molecular weight excluding hydrogens is 207 g/mol. The summed E-state index contributed by atoms with van der Waals surface area (Å²) in [6.45, 7) is 1.98. The monoisotopic (exact) mass is 217 g/mol. The van der Waals surface area contributed by atoms with E-state index in [9.17, 15) is 5.11 Å². The lowest BCUT2D eigenvalue weighted by atomic mass is 10.1. The average Bonchev–Trinajstić information content (AvgIpc) is 2.04. The zero-order valence-electron chi connectivity index (χ0n) is 7.39. The highest BCUT2D eigenvalue weighted by molar-refractivity contribution is 6.35. The number of hydrogen-bond donors (Lipinski definition) is 0. The van der Waals surface area contributed by atoms with Crippen LogP contribution in [0, 0.1) is 0 Å². The molecule has 0 saturated heterocycles. The molecule has 0 N–H and O–H groups in total. The van der Waals surface area contributed by atoms with Crippen molar-refractivity contribution in [3.63, 3.8) is 0 Å². The molecule has 0 spiro atoms. The lowest BCUT2D eigenvalue weighted by Crippen LogP contribution is -1.95. The van der Waals surface area contributed by atoms with E-state index in [2.05, 4.69) is 0 Å². The van der Waals surface area contributed by atoms with Gasteiger partial charge in [-0.05, 0) is 18.6 Å². The van der Waals surface area contributed by atoms with Crippen LogP contribution in [0.4, 0.5) is 0 Å². The second kappa shape index (κ2) is 4.85. The molecule has 0 aliphatic rings. The average molecular weight is 218 g/mol. The molecule has 0 aromatic heterocycles. The molecule has 1 radical (unpaired) electrons. The van der Waals surface area contributed by atoms with Crippen molar-refractivity contribution in [1.29, 1.82) is 0 Å². The van der Waals surface area contributed by atoms with Crippen LogP contribution in [0.2, 0.25) is 10.0 Å². The van der Waals surface area contributed by atoms with Gasteiger partial charge in [0.1, 0.15) is 6.10 Å². The van der Waals surface area contributed by atoms with Crippen LogP contribution in [0.15, 0.2) is 18.2 Å². The van der Waals surface area contributed by atoms with Crippen LogP contribution < -0.4 is 0 Å². The van der Waals surface area contributed by atoms with E-state index in [0.717, 1.165) is 6.42 Å². The van der Waals surface area contributed by atoms with Gasteiger partial charge in [-0.15, -0.1) is 0 Å². The minimum atomic E-state index is -0.727. The van der Waals surface area contributed by atoms with Crippen molar-refractivity contribution in [3.8, 4) is 0 Å². The van der Waals surface area contributed by atoms with E-state index in [1.807, 2.05) is 6.92 Å². The topological polar surface area (TPSA) is 19.9 Å². The lowest BCUT2D eigenvalue weighted by molar-refractivity contribution is 0.0806. The van der Waals surface area contributed by atoms with Gasteiger partial charge in [0.2, 0.25) is 0 Å². The number of benzene rings is 1. The Hall–Kier alpha value is -0.240. The number of halogens is 2. The van der Waals surface area contributed by atoms with Gasteiger partial charge in [-0.25, -0.2) is 5.11 Å². The molecule has 1 unspecified atom stereocenters. The summed E-state index contributed by atoms with van der Waals surface area (Å²) in [6.07, 6.45) is 0.754. The fourth-order valence-electron chi connectivity index (χ4n) is 1.18. The lowest BCUT2D eigenvalue weighted by Gasteiger charge is -2.09. The summed E-state index contributed by atoms with van der Waals surface area (Å²) >= 11 is 11.6. The SMILES string of the molecule is CCCC([O])c1ccc(Cl)cc1Cl. The van der Waals surface area contributed by atoms with E-state index in [-0.39, 0.29) is 0 Å². The zero-order chi connectivity index (χ0) is 9.84. The largest absolute Gasteiger partial charge is 0.228 e. The predicted molar refractivity (Wildman–Crippen MR) is 54.8 cm³/mol. The second-order valence-corrected chi connectivity index (χ2v) is 3.79. The Morgan fingerprint density at radius 1 is 1.38 bits per heavy atom. The van der Waals surface area contributed by atoms with Crippen molar-refractivity contribution in [2.75, 3.05) is 0 Å². The predicted octanol–water partition coefficient (Wildman–Crippen LogP) is 4.27. The normalized spacial score (nSPS) is 12.9. The first kappa shape index (κ1) is 10.8. The van der Waals surface area contributed by atoms with Gasteiger partial charge in [0.25, 0.3) is 0 Å². The molecule has 1 aromatic rings. The molecule has 3 heteroatoms. The van der Waals surface area contributed by atoms with Crippen LogP contribution in [0.5, 0.6) is 0 Å². The highest BCUT2D eigenvalue weighted by atomic mass is 35.5. The van der Waals surface area contributed by atoms with Crippen molar-refractivity contribution in [2.24, 2.45) is 0 Å². The molecule has 0 aliphatic heterocycles. The number of hydrogen-bond acceptors (Lipinski definition) is 0. The van der Waals surface area contributed by atoms with Gasteiger partial charge < -0.3 is 0 Å². The Balaban J connectivity index is 2.88. The molecule has 1 rings (SSSR count). The Labute approximate surface area is 88.3 Å². The Bertz CT molecular complexity index is 286. The van der Waals surface area contributed by atoms with Crippen molar-refractivity contribution < 1.29 is 5.11 Å². The van der Waals surface area contributed by atoms with Gasteiger partial charge in [-0.3, -0.25) is 0 Å². The Kier molecular flexibility index (Phi) is 4.04. The van der Waals surface area contributed by atoms with E-state index in [1.54, 1.807) is 18.2 Å². The van der Waals surface area contributed by atoms with E-state index in [1.165, 1.54) is 0 Å². The highest BCUT2D eigenvalue weighted by Gasteiger charge is 2.11. The highest BCUT2D eigenvalue weighted by Crippen LogP contribution is 2.28. The van der Waals surface area contributed by atoms with Crippen LogP contribution >= 0.6 is 23.2 Å². The first-order chi connectivity index (χ1) is 6.15. The van der Waals surface area contributed by atoms with E-state index < -0.39 is 6.10 Å². The molecule has 0 heterocycles. The first-order valence-electron chi connectivity index (χ1n) is 4.26. The van der Waals surface area contributed by atoms with Crippen LogP contribution in [-0.2, 0) is 5.11 Å². The molecule has 0 aliphatic carbocycles. The molecule has 71 valence electrons. The molecule has 0 bridgehead atoms. The standard InChI is InChI=1S/C10H11Cl2O/c1-2-3-10(13)8-5-4-7(11)6-9(8)12/h4-6,10H,2-3H2,1H3. The summed E-state index contributed by atoms with van der Waals surface area (Å²) < 4.78 is 0. The molecule has 0 saturated carbocycles. The smallest absolute Gasteiger partial charge is 0.119 e. The van der Waals surface area contributed by atoms with Crippen molar-refractivity contribution in [2.45, 2.75) is 25.9 Å². The van der Waals surface area contributed by atoms with Gasteiger partial charge in [0, 0.05) is 15.6 Å². The minimum Gasteiger partial charge on any atom is -0.228 e. The quantitative estimate of drug-likeness (QED) is 0.722. The van der Waals surface area contributed by atoms with Crippen molar-refractivity contribution in [3.05, 3.63) is 33.8 Å². The second-order valence-electron chi connectivity index (χ2n) is 2.94. The van der Waals surface area contributed by atoms with Gasteiger partial charge in [-0.1, -0.05) is 42.6 Å². The Morgan fingerprint density at radius 3 is 2.62 bits per heavy atom. The molecule has 1 aromatic carbocycles. The van der Waals surface area contributed by atoms with Gasteiger partial charge in [-0.2, -0.15) is 0 Å². The molecule has 1 nitrogen and oxygen atoms in total. The van der Waals surface area contributed by atoms with Crippen molar-refractivity contribution in [1.82, 2.24) is 0 Å². The maximum absolute atomic E-state index is 11.5. The molecule has 0 amide bonds. The fraction of sp³-hybridized carbons (Fsp3) is 0.400. The van der Waals surface area contributed by atoms with Crippen LogP contribution in [0.25, 0.3) is 0 Å². The van der Waals surface area contributed by atoms with Crippen molar-refractivity contribution >= 4 is 23.2 Å². The summed E-state index contributed by atoms with van der Waals surface area (Å²) in [4.78, 5) is 0. The third-order valence-corrected chi connectivity index (χ3v) is 2.42. The van der Waals surface area contributed by atoms with Gasteiger partial charge in [0.05, 0.1) is 0 Å². The molecular formula is C10H11Cl2O. The third-order valence-electron chi connectivity index (χ3n) is 1.86. The number of rotatable bonds is 3. The summed E-state index contributed by atoms with van der Waals surface area (Å²) in [5, 5.41) is 12.6. The zero-order valence-corrected chi connectivity index (χ0v) is 8.90. The van der Waals surface area contributed by atoms with Gasteiger partial charge >= 0.3 is 0 Å². The van der Waals surface area contributed by atoms with Crippen LogP contribution in [0.3, 0.4) is 0 Å². The maximum Gasteiger partial charge on any atom is 0.119 e. The van der Waals surface area contributed by atoms with Crippen LogP contribution in [0.1, 0.15) is 31.4 Å². The van der Waals surface area contributed by atoms with E-state index in [0.29, 0.717) is 22.0 Å². The molecule has 0 fully saturated rings. The summed E-state index contributed by atoms with van der Waals surface area (Å²) in [7, 11) is 0. The summed E-state index contributed by atoms with van der Waals surface area (Å²) in [5.41, 5.74) is 0.646. The summed E-state index contributed by atoms with van der Waals surface area (Å²) in [5.74, 6) is 0. The maximum atomic E-state index is 11.5. The minimum absolute atomic E-state index is 0.473. The molecule has 1 atom stereocenters. The third kappa shape index (κ3) is 2.87. The first-order valence-corrected chi connectivity index (χ1v) is 5.01.